The van der Waals surface area contributed by atoms with Gasteiger partial charge in [0.05, 0.1) is 16.4 Å². The van der Waals surface area contributed by atoms with Crippen molar-refractivity contribution < 1.29 is 22.3 Å². The van der Waals surface area contributed by atoms with Crippen molar-refractivity contribution in [1.29, 1.82) is 0 Å². The van der Waals surface area contributed by atoms with Gasteiger partial charge in [-0.3, -0.25) is 4.79 Å². The van der Waals surface area contributed by atoms with Crippen LogP contribution in [0, 0.1) is 5.82 Å². The summed E-state index contributed by atoms with van der Waals surface area (Å²) in [6.07, 6.45) is 1.10. The Morgan fingerprint density at radius 3 is 2.65 bits per heavy atom. The van der Waals surface area contributed by atoms with E-state index >= 15 is 0 Å². The van der Waals surface area contributed by atoms with Gasteiger partial charge in [0.1, 0.15) is 5.82 Å². The molecule has 136 valence electrons. The lowest BCUT2D eigenvalue weighted by molar-refractivity contribution is 0.102. The standard InChI is InChI=1S/C18H16FNO4S2/c1-24-10-13-16-14(19)7-4-8-15(16)25-17(13)18(21)20-11-5-3-6-12(9-11)26(2,22)23/h3-9H,10H2,1-2H3,(H,20,21). The molecular formula is C18H16FNO4S2. The number of benzene rings is 2. The molecule has 8 heteroatoms. The van der Waals surface area contributed by atoms with E-state index in [1.807, 2.05) is 0 Å². The first-order valence-corrected chi connectivity index (χ1v) is 10.3. The van der Waals surface area contributed by atoms with Gasteiger partial charge in [-0.1, -0.05) is 12.1 Å². The molecule has 0 bridgehead atoms. The van der Waals surface area contributed by atoms with Crippen LogP contribution in [0.25, 0.3) is 10.1 Å². The summed E-state index contributed by atoms with van der Waals surface area (Å²) in [6.45, 7) is 0.0903. The SMILES string of the molecule is COCc1c(C(=O)Nc2cccc(S(C)(=O)=O)c2)sc2cccc(F)c12. The molecule has 26 heavy (non-hydrogen) atoms. The van der Waals surface area contributed by atoms with Gasteiger partial charge in [-0.05, 0) is 30.3 Å². The van der Waals surface area contributed by atoms with Gasteiger partial charge < -0.3 is 10.1 Å². The summed E-state index contributed by atoms with van der Waals surface area (Å²) in [4.78, 5) is 13.2. The first kappa shape index (κ1) is 18.5. The van der Waals surface area contributed by atoms with Crippen molar-refractivity contribution in [2.45, 2.75) is 11.5 Å². The Labute approximate surface area is 154 Å². The third-order valence-electron chi connectivity index (χ3n) is 3.78. The van der Waals surface area contributed by atoms with Crippen LogP contribution in [-0.4, -0.2) is 27.7 Å². The molecule has 0 aliphatic rings. The number of anilines is 1. The number of carbonyl (C=O) groups is 1. The van der Waals surface area contributed by atoms with Crippen molar-refractivity contribution in [3.05, 3.63) is 58.7 Å². The van der Waals surface area contributed by atoms with Gasteiger partial charge in [-0.2, -0.15) is 0 Å². The molecule has 1 N–H and O–H groups in total. The lowest BCUT2D eigenvalue weighted by atomic mass is 10.1. The van der Waals surface area contributed by atoms with Crippen LogP contribution in [0.3, 0.4) is 0 Å². The topological polar surface area (TPSA) is 72.5 Å². The Kier molecular flexibility index (Phi) is 5.08. The smallest absolute Gasteiger partial charge is 0.266 e. The second-order valence-electron chi connectivity index (χ2n) is 5.71. The molecule has 0 atom stereocenters. The van der Waals surface area contributed by atoms with Gasteiger partial charge in [0.2, 0.25) is 0 Å². The lowest BCUT2D eigenvalue weighted by Crippen LogP contribution is -2.13. The summed E-state index contributed by atoms with van der Waals surface area (Å²) >= 11 is 1.16. The Morgan fingerprint density at radius 2 is 1.96 bits per heavy atom. The van der Waals surface area contributed by atoms with Crippen LogP contribution < -0.4 is 5.32 Å². The summed E-state index contributed by atoms with van der Waals surface area (Å²) in [5, 5.41) is 3.05. The number of sulfone groups is 1. The van der Waals surface area contributed by atoms with Crippen molar-refractivity contribution in [1.82, 2.24) is 0 Å². The van der Waals surface area contributed by atoms with Crippen molar-refractivity contribution in [3.63, 3.8) is 0 Å². The molecule has 5 nitrogen and oxygen atoms in total. The number of amides is 1. The van der Waals surface area contributed by atoms with Gasteiger partial charge in [0.25, 0.3) is 5.91 Å². The molecule has 0 unspecified atom stereocenters. The fraction of sp³-hybridized carbons (Fsp3) is 0.167. The minimum absolute atomic E-state index is 0.0903. The minimum atomic E-state index is -3.39. The molecule has 3 rings (SSSR count). The minimum Gasteiger partial charge on any atom is -0.380 e. The first-order valence-electron chi connectivity index (χ1n) is 7.61. The maximum atomic E-state index is 14.2. The quantitative estimate of drug-likeness (QED) is 0.715. The zero-order chi connectivity index (χ0) is 18.9. The number of fused-ring (bicyclic) bond motifs is 1. The van der Waals surface area contributed by atoms with Gasteiger partial charge in [-0.25, -0.2) is 12.8 Å². The zero-order valence-electron chi connectivity index (χ0n) is 14.1. The van der Waals surface area contributed by atoms with Gasteiger partial charge >= 0.3 is 0 Å². The highest BCUT2D eigenvalue weighted by atomic mass is 32.2. The number of hydrogen-bond donors (Lipinski definition) is 1. The molecule has 0 spiro atoms. The maximum absolute atomic E-state index is 14.2. The highest BCUT2D eigenvalue weighted by Gasteiger charge is 2.21. The summed E-state index contributed by atoms with van der Waals surface area (Å²) in [5.74, 6) is -0.854. The molecule has 2 aromatic carbocycles. The fourth-order valence-corrected chi connectivity index (χ4v) is 4.41. The average Bonchev–Trinajstić information content (AvgIpc) is 2.95. The Morgan fingerprint density at radius 1 is 1.23 bits per heavy atom. The summed E-state index contributed by atoms with van der Waals surface area (Å²) < 4.78 is 43.3. The van der Waals surface area contributed by atoms with Crippen LogP contribution in [0.4, 0.5) is 10.1 Å². The van der Waals surface area contributed by atoms with Crippen molar-refractivity contribution in [2.75, 3.05) is 18.7 Å². The van der Waals surface area contributed by atoms with E-state index in [-0.39, 0.29) is 11.5 Å². The Balaban J connectivity index is 2.01. The van der Waals surface area contributed by atoms with Crippen LogP contribution in [0.5, 0.6) is 0 Å². The Bertz CT molecular complexity index is 1090. The van der Waals surface area contributed by atoms with Crippen molar-refractivity contribution >= 4 is 42.9 Å². The number of ether oxygens (including phenoxy) is 1. The number of thiophene rings is 1. The third kappa shape index (κ3) is 3.62. The number of nitrogens with one attached hydrogen (secondary N) is 1. The van der Waals surface area contributed by atoms with E-state index in [1.165, 1.54) is 25.3 Å². The third-order valence-corrected chi connectivity index (χ3v) is 6.08. The molecule has 0 aliphatic heterocycles. The predicted molar refractivity (Wildman–Crippen MR) is 100 cm³/mol. The van der Waals surface area contributed by atoms with E-state index in [2.05, 4.69) is 5.32 Å². The van der Waals surface area contributed by atoms with Crippen LogP contribution in [-0.2, 0) is 21.2 Å². The molecule has 0 saturated carbocycles. The average molecular weight is 393 g/mol. The second-order valence-corrected chi connectivity index (χ2v) is 8.78. The van der Waals surface area contributed by atoms with E-state index in [4.69, 9.17) is 4.74 Å². The summed E-state index contributed by atoms with van der Waals surface area (Å²) in [5.41, 5.74) is 0.821. The van der Waals surface area contributed by atoms with E-state index in [0.717, 1.165) is 17.6 Å². The molecule has 3 aromatic rings. The number of methoxy groups -OCH3 is 1. The number of halogens is 1. The van der Waals surface area contributed by atoms with Crippen LogP contribution in [0.2, 0.25) is 0 Å². The first-order chi connectivity index (χ1) is 12.3. The maximum Gasteiger partial charge on any atom is 0.266 e. The van der Waals surface area contributed by atoms with Gasteiger partial charge in [0.15, 0.2) is 9.84 Å². The van der Waals surface area contributed by atoms with Crippen molar-refractivity contribution in [2.24, 2.45) is 0 Å². The van der Waals surface area contributed by atoms with E-state index < -0.39 is 21.6 Å². The summed E-state index contributed by atoms with van der Waals surface area (Å²) in [6, 6.07) is 10.6. The van der Waals surface area contributed by atoms with Gasteiger partial charge in [-0.15, -0.1) is 11.3 Å². The van der Waals surface area contributed by atoms with E-state index in [0.29, 0.717) is 26.2 Å². The lowest BCUT2D eigenvalue weighted by Gasteiger charge is -2.08. The Hall–Kier alpha value is -2.29. The molecule has 0 radical (unpaired) electrons. The predicted octanol–water partition coefficient (Wildman–Crippen LogP) is 3.84. The van der Waals surface area contributed by atoms with Crippen LogP contribution in [0.15, 0.2) is 47.4 Å². The van der Waals surface area contributed by atoms with E-state index in [9.17, 15) is 17.6 Å². The number of carbonyl (C=O) groups excluding carboxylic acids is 1. The molecule has 1 amide bonds. The van der Waals surface area contributed by atoms with E-state index in [1.54, 1.807) is 24.3 Å². The van der Waals surface area contributed by atoms with Crippen LogP contribution in [0.1, 0.15) is 15.2 Å². The fourth-order valence-electron chi connectivity index (χ4n) is 2.63. The molecule has 1 heterocycles. The molecule has 0 saturated heterocycles. The molecule has 1 aromatic heterocycles. The normalized spacial score (nSPS) is 11.7. The number of rotatable bonds is 5. The molecule has 0 fully saturated rings. The molecule has 0 aliphatic carbocycles. The molecular weight excluding hydrogens is 377 g/mol. The second kappa shape index (κ2) is 7.14. The highest BCUT2D eigenvalue weighted by molar-refractivity contribution is 7.90. The van der Waals surface area contributed by atoms with Crippen LogP contribution >= 0.6 is 11.3 Å². The highest BCUT2D eigenvalue weighted by Crippen LogP contribution is 2.34. The monoisotopic (exact) mass is 393 g/mol. The van der Waals surface area contributed by atoms with Crippen molar-refractivity contribution in [3.8, 4) is 0 Å². The summed E-state index contributed by atoms with van der Waals surface area (Å²) in [7, 11) is -1.91. The largest absolute Gasteiger partial charge is 0.380 e. The number of hydrogen-bond acceptors (Lipinski definition) is 5. The van der Waals surface area contributed by atoms with Gasteiger partial charge in [0, 0.05) is 34.7 Å². The zero-order valence-corrected chi connectivity index (χ0v) is 15.7.